The van der Waals surface area contributed by atoms with Crippen LogP contribution in [0.1, 0.15) is 15.9 Å². The predicted octanol–water partition coefficient (Wildman–Crippen LogP) is 3.32. The van der Waals surface area contributed by atoms with Gasteiger partial charge in [-0.3, -0.25) is 19.7 Å². The molecule has 0 saturated heterocycles. The number of hydrogen-bond acceptors (Lipinski definition) is 4. The quantitative estimate of drug-likeness (QED) is 0.330. The van der Waals surface area contributed by atoms with Gasteiger partial charge in [-0.2, -0.15) is 0 Å². The summed E-state index contributed by atoms with van der Waals surface area (Å²) in [6.45, 7) is 3.75. The average molecular weight is 386 g/mol. The summed E-state index contributed by atoms with van der Waals surface area (Å²) in [6, 6.07) is 11.8. The van der Waals surface area contributed by atoms with Gasteiger partial charge in [0, 0.05) is 29.3 Å². The molecule has 0 aliphatic carbocycles. The zero-order chi connectivity index (χ0) is 19.8. The van der Waals surface area contributed by atoms with Gasteiger partial charge >= 0.3 is 0 Å². The SMILES string of the molecule is C=CCNC(=O)/C(=C/c1ccc(Cl)cc1)NC(=O)c1ccc([N+](=O)[O-])cc1. The van der Waals surface area contributed by atoms with Crippen LogP contribution in [0.15, 0.2) is 66.9 Å². The molecule has 8 heteroatoms. The summed E-state index contributed by atoms with van der Waals surface area (Å²) in [5, 5.41) is 16.4. The summed E-state index contributed by atoms with van der Waals surface area (Å²) in [7, 11) is 0. The van der Waals surface area contributed by atoms with E-state index in [1.807, 2.05) is 0 Å². The molecule has 7 nitrogen and oxygen atoms in total. The van der Waals surface area contributed by atoms with Crippen LogP contribution in [0.4, 0.5) is 5.69 Å². The number of nitrogens with zero attached hydrogens (tertiary/aromatic N) is 1. The molecule has 2 amide bonds. The third-order valence-corrected chi connectivity index (χ3v) is 3.67. The van der Waals surface area contributed by atoms with Gasteiger partial charge in [-0.05, 0) is 35.9 Å². The lowest BCUT2D eigenvalue weighted by Gasteiger charge is -2.10. The van der Waals surface area contributed by atoms with Crippen LogP contribution in [0.3, 0.4) is 0 Å². The van der Waals surface area contributed by atoms with Gasteiger partial charge in [0.25, 0.3) is 17.5 Å². The van der Waals surface area contributed by atoms with Crippen molar-refractivity contribution in [1.82, 2.24) is 10.6 Å². The van der Waals surface area contributed by atoms with E-state index in [9.17, 15) is 19.7 Å². The zero-order valence-corrected chi connectivity index (χ0v) is 14.9. The highest BCUT2D eigenvalue weighted by Gasteiger charge is 2.15. The van der Waals surface area contributed by atoms with E-state index in [1.54, 1.807) is 24.3 Å². The number of benzene rings is 2. The maximum atomic E-state index is 12.4. The number of nitrogens with one attached hydrogen (secondary N) is 2. The minimum absolute atomic E-state index is 0.0162. The van der Waals surface area contributed by atoms with Crippen molar-refractivity contribution in [2.45, 2.75) is 0 Å². The summed E-state index contributed by atoms with van der Waals surface area (Å²) in [4.78, 5) is 34.9. The van der Waals surface area contributed by atoms with Crippen LogP contribution in [-0.2, 0) is 4.79 Å². The molecule has 27 heavy (non-hydrogen) atoms. The zero-order valence-electron chi connectivity index (χ0n) is 14.1. The van der Waals surface area contributed by atoms with Crippen LogP contribution in [0, 0.1) is 10.1 Å². The first-order chi connectivity index (χ1) is 12.9. The monoisotopic (exact) mass is 385 g/mol. The Kier molecular flexibility index (Phi) is 6.85. The minimum Gasteiger partial charge on any atom is -0.347 e. The van der Waals surface area contributed by atoms with Crippen LogP contribution in [0.5, 0.6) is 0 Å². The first kappa shape index (κ1) is 19.9. The number of nitro benzene ring substituents is 1. The summed E-state index contributed by atoms with van der Waals surface area (Å²) in [6.07, 6.45) is 3.01. The molecule has 0 spiro atoms. The summed E-state index contributed by atoms with van der Waals surface area (Å²) >= 11 is 5.85. The van der Waals surface area contributed by atoms with E-state index >= 15 is 0 Å². The highest BCUT2D eigenvalue weighted by molar-refractivity contribution is 6.30. The van der Waals surface area contributed by atoms with Crippen molar-refractivity contribution in [3.8, 4) is 0 Å². The molecule has 0 atom stereocenters. The molecule has 2 rings (SSSR count). The second-order valence-corrected chi connectivity index (χ2v) is 5.80. The smallest absolute Gasteiger partial charge is 0.269 e. The van der Waals surface area contributed by atoms with E-state index in [4.69, 9.17) is 11.6 Å². The Hall–Kier alpha value is -3.45. The van der Waals surface area contributed by atoms with Gasteiger partial charge in [0.15, 0.2) is 0 Å². The van der Waals surface area contributed by atoms with E-state index in [1.165, 1.54) is 36.4 Å². The van der Waals surface area contributed by atoms with Crippen molar-refractivity contribution in [2.24, 2.45) is 0 Å². The number of rotatable bonds is 7. The Morgan fingerprint density at radius 3 is 2.30 bits per heavy atom. The van der Waals surface area contributed by atoms with Gasteiger partial charge in [0.2, 0.25) is 0 Å². The molecule has 2 aromatic rings. The molecule has 2 N–H and O–H groups in total. The molecule has 0 heterocycles. The standard InChI is InChI=1S/C19H16ClN3O4/c1-2-11-21-19(25)17(12-13-3-7-15(20)8-4-13)22-18(24)14-5-9-16(10-6-14)23(26)27/h2-10,12H,1,11H2,(H,21,25)(H,22,24)/b17-12-. The summed E-state index contributed by atoms with van der Waals surface area (Å²) < 4.78 is 0. The normalized spacial score (nSPS) is 10.8. The van der Waals surface area contributed by atoms with Gasteiger partial charge < -0.3 is 10.6 Å². The fraction of sp³-hybridized carbons (Fsp3) is 0.0526. The van der Waals surface area contributed by atoms with E-state index < -0.39 is 16.7 Å². The van der Waals surface area contributed by atoms with E-state index in [0.717, 1.165) is 0 Å². The Labute approximate surface area is 160 Å². The lowest BCUT2D eigenvalue weighted by molar-refractivity contribution is -0.384. The Morgan fingerprint density at radius 1 is 1.11 bits per heavy atom. The first-order valence-electron chi connectivity index (χ1n) is 7.83. The van der Waals surface area contributed by atoms with Crippen molar-refractivity contribution in [3.05, 3.63) is 93.1 Å². The second-order valence-electron chi connectivity index (χ2n) is 5.37. The van der Waals surface area contributed by atoms with Crippen molar-refractivity contribution in [2.75, 3.05) is 6.54 Å². The molecule has 138 valence electrons. The highest BCUT2D eigenvalue weighted by atomic mass is 35.5. The van der Waals surface area contributed by atoms with Crippen LogP contribution < -0.4 is 10.6 Å². The van der Waals surface area contributed by atoms with E-state index in [-0.39, 0.29) is 23.5 Å². The number of carbonyl (C=O) groups is 2. The largest absolute Gasteiger partial charge is 0.347 e. The number of carbonyl (C=O) groups excluding carboxylic acids is 2. The molecular weight excluding hydrogens is 370 g/mol. The highest BCUT2D eigenvalue weighted by Crippen LogP contribution is 2.14. The number of hydrogen-bond donors (Lipinski definition) is 2. The average Bonchev–Trinajstić information content (AvgIpc) is 2.67. The topological polar surface area (TPSA) is 101 Å². The molecule has 0 saturated carbocycles. The van der Waals surface area contributed by atoms with Crippen LogP contribution in [0.2, 0.25) is 5.02 Å². The van der Waals surface area contributed by atoms with Gasteiger partial charge in [0.1, 0.15) is 5.70 Å². The molecule has 0 aliphatic rings. The molecule has 0 fully saturated rings. The molecule has 0 unspecified atom stereocenters. The number of non-ortho nitro benzene ring substituents is 1. The number of amides is 2. The van der Waals surface area contributed by atoms with E-state index in [2.05, 4.69) is 17.2 Å². The van der Waals surface area contributed by atoms with Crippen molar-refractivity contribution >= 4 is 35.2 Å². The number of halogens is 1. The van der Waals surface area contributed by atoms with Gasteiger partial charge in [-0.1, -0.05) is 29.8 Å². The fourth-order valence-corrected chi connectivity index (χ4v) is 2.20. The van der Waals surface area contributed by atoms with Crippen molar-refractivity contribution in [1.29, 1.82) is 0 Å². The van der Waals surface area contributed by atoms with Crippen LogP contribution >= 0.6 is 11.6 Å². The molecule has 0 bridgehead atoms. The van der Waals surface area contributed by atoms with E-state index in [0.29, 0.717) is 10.6 Å². The Morgan fingerprint density at radius 2 is 1.74 bits per heavy atom. The molecular formula is C19H16ClN3O4. The number of nitro groups is 1. The summed E-state index contributed by atoms with van der Waals surface area (Å²) in [5.41, 5.74) is 0.723. The van der Waals surface area contributed by atoms with Crippen LogP contribution in [-0.4, -0.2) is 23.3 Å². The third kappa shape index (κ3) is 5.79. The molecule has 2 aromatic carbocycles. The molecule has 0 aromatic heterocycles. The molecule has 0 aliphatic heterocycles. The molecule has 0 radical (unpaired) electrons. The van der Waals surface area contributed by atoms with Gasteiger partial charge in [0.05, 0.1) is 4.92 Å². The lowest BCUT2D eigenvalue weighted by Crippen LogP contribution is -2.34. The maximum Gasteiger partial charge on any atom is 0.269 e. The second kappa shape index (κ2) is 9.30. The maximum absolute atomic E-state index is 12.4. The van der Waals surface area contributed by atoms with Crippen molar-refractivity contribution in [3.63, 3.8) is 0 Å². The minimum atomic E-state index is -0.570. The van der Waals surface area contributed by atoms with Crippen molar-refractivity contribution < 1.29 is 14.5 Å². The van der Waals surface area contributed by atoms with Crippen LogP contribution in [0.25, 0.3) is 6.08 Å². The lowest BCUT2D eigenvalue weighted by atomic mass is 10.1. The Bertz CT molecular complexity index is 890. The third-order valence-electron chi connectivity index (χ3n) is 3.42. The predicted molar refractivity (Wildman–Crippen MR) is 103 cm³/mol. The Balaban J connectivity index is 2.25. The fourth-order valence-electron chi connectivity index (χ4n) is 2.07. The van der Waals surface area contributed by atoms with Gasteiger partial charge in [-0.25, -0.2) is 0 Å². The first-order valence-corrected chi connectivity index (χ1v) is 8.20. The summed E-state index contributed by atoms with van der Waals surface area (Å²) in [5.74, 6) is -1.07. The van der Waals surface area contributed by atoms with Gasteiger partial charge in [-0.15, -0.1) is 6.58 Å².